The molecule has 1 rings (SSSR count). The minimum Gasteiger partial charge on any atom is -0.491 e. The molecule has 0 spiro atoms. The second-order valence-corrected chi connectivity index (χ2v) is 3.61. The number of carboxylic acids is 1. The Morgan fingerprint density at radius 2 is 2.06 bits per heavy atom. The second-order valence-electron chi connectivity index (χ2n) is 3.61. The highest BCUT2D eigenvalue weighted by atomic mass is 16.5. The van der Waals surface area contributed by atoms with E-state index >= 15 is 0 Å². The number of hydrogen-bond donors (Lipinski definition) is 2. The number of carboxylic acid groups (broad SMARTS) is 1. The number of methoxy groups -OCH3 is 1. The van der Waals surface area contributed by atoms with E-state index in [1.54, 1.807) is 7.11 Å². The van der Waals surface area contributed by atoms with E-state index in [2.05, 4.69) is 0 Å². The van der Waals surface area contributed by atoms with Crippen molar-refractivity contribution in [3.8, 4) is 5.75 Å². The highest BCUT2D eigenvalue weighted by Gasteiger charge is 2.07. The van der Waals surface area contributed by atoms with E-state index < -0.39 is 5.97 Å². The van der Waals surface area contributed by atoms with Crippen LogP contribution in [0.15, 0.2) is 18.2 Å². The van der Waals surface area contributed by atoms with Crippen molar-refractivity contribution in [1.29, 1.82) is 0 Å². The molecule has 94 valence electrons. The summed E-state index contributed by atoms with van der Waals surface area (Å²) in [6.07, 6.45) is 1.74. The van der Waals surface area contributed by atoms with Crippen molar-refractivity contribution < 1.29 is 19.4 Å². The maximum atomic E-state index is 10.8. The average Bonchev–Trinajstić information content (AvgIpc) is 2.30. The number of carbonyl (C=O) groups is 1. The van der Waals surface area contributed by atoms with Gasteiger partial charge in [0.05, 0.1) is 17.9 Å². The summed E-state index contributed by atoms with van der Waals surface area (Å²) in [6, 6.07) is 4.43. The van der Waals surface area contributed by atoms with E-state index in [4.69, 9.17) is 20.3 Å². The first-order valence-corrected chi connectivity index (χ1v) is 5.39. The molecular weight excluding hydrogens is 222 g/mol. The molecule has 5 nitrogen and oxygen atoms in total. The lowest BCUT2D eigenvalue weighted by Gasteiger charge is -2.09. The van der Waals surface area contributed by atoms with Crippen molar-refractivity contribution >= 4 is 11.7 Å². The zero-order valence-electron chi connectivity index (χ0n) is 9.81. The summed E-state index contributed by atoms with van der Waals surface area (Å²) >= 11 is 0. The van der Waals surface area contributed by atoms with E-state index in [1.807, 2.05) is 0 Å². The van der Waals surface area contributed by atoms with Gasteiger partial charge >= 0.3 is 5.97 Å². The van der Waals surface area contributed by atoms with Crippen molar-refractivity contribution in [2.24, 2.45) is 0 Å². The fraction of sp³-hybridized carbons (Fsp3) is 0.417. The molecule has 0 aromatic heterocycles. The summed E-state index contributed by atoms with van der Waals surface area (Å²) in [7, 11) is 1.65. The van der Waals surface area contributed by atoms with Crippen LogP contribution in [-0.4, -0.2) is 31.4 Å². The molecule has 3 N–H and O–H groups in total. The molecule has 17 heavy (non-hydrogen) atoms. The predicted octanol–water partition coefficient (Wildman–Crippen LogP) is 1.77. The fourth-order valence-corrected chi connectivity index (χ4v) is 1.32. The van der Waals surface area contributed by atoms with Gasteiger partial charge in [-0.25, -0.2) is 4.79 Å². The molecule has 0 saturated heterocycles. The Hall–Kier alpha value is -1.75. The smallest absolute Gasteiger partial charge is 0.335 e. The lowest BCUT2D eigenvalue weighted by atomic mass is 10.2. The molecule has 0 aliphatic rings. The molecule has 0 heterocycles. The molecule has 0 atom stereocenters. The summed E-state index contributed by atoms with van der Waals surface area (Å²) in [4.78, 5) is 10.8. The van der Waals surface area contributed by atoms with Crippen molar-refractivity contribution in [3.63, 3.8) is 0 Å². The van der Waals surface area contributed by atoms with Gasteiger partial charge in [-0.2, -0.15) is 0 Å². The van der Waals surface area contributed by atoms with Gasteiger partial charge in [-0.1, -0.05) is 0 Å². The van der Waals surface area contributed by atoms with E-state index in [1.165, 1.54) is 18.2 Å². The summed E-state index contributed by atoms with van der Waals surface area (Å²) in [6.45, 7) is 1.19. The number of unbranched alkanes of at least 4 members (excludes halogenated alkanes) is 1. The first-order valence-electron chi connectivity index (χ1n) is 5.39. The lowest BCUT2D eigenvalue weighted by molar-refractivity contribution is 0.0696. The summed E-state index contributed by atoms with van der Waals surface area (Å²) in [5.74, 6) is -0.573. The molecule has 0 fully saturated rings. The minimum atomic E-state index is -0.991. The maximum absolute atomic E-state index is 10.8. The number of rotatable bonds is 7. The summed E-state index contributed by atoms with van der Waals surface area (Å²) in [5.41, 5.74) is 6.31. The highest BCUT2D eigenvalue weighted by molar-refractivity contribution is 5.89. The first-order chi connectivity index (χ1) is 8.15. The third-order valence-corrected chi connectivity index (χ3v) is 2.26. The SMILES string of the molecule is COCCCCOc1cc(C(=O)O)ccc1N. The number of ether oxygens (including phenoxy) is 2. The van der Waals surface area contributed by atoms with Crippen molar-refractivity contribution in [1.82, 2.24) is 0 Å². The van der Waals surface area contributed by atoms with Gasteiger partial charge in [0, 0.05) is 13.7 Å². The minimum absolute atomic E-state index is 0.172. The van der Waals surface area contributed by atoms with Gasteiger partial charge in [0.2, 0.25) is 0 Å². The Kier molecular flexibility index (Phi) is 5.29. The number of benzene rings is 1. The quantitative estimate of drug-likeness (QED) is 0.559. The number of hydrogen-bond acceptors (Lipinski definition) is 4. The third kappa shape index (κ3) is 4.32. The van der Waals surface area contributed by atoms with Crippen LogP contribution in [0.3, 0.4) is 0 Å². The lowest BCUT2D eigenvalue weighted by Crippen LogP contribution is -2.04. The zero-order chi connectivity index (χ0) is 12.7. The van der Waals surface area contributed by atoms with Crippen LogP contribution in [0.2, 0.25) is 0 Å². The van der Waals surface area contributed by atoms with Crippen LogP contribution in [0.4, 0.5) is 5.69 Å². The fourth-order valence-electron chi connectivity index (χ4n) is 1.32. The Bertz CT molecular complexity index is 379. The average molecular weight is 239 g/mol. The third-order valence-electron chi connectivity index (χ3n) is 2.26. The zero-order valence-corrected chi connectivity index (χ0v) is 9.81. The molecule has 0 bridgehead atoms. The van der Waals surface area contributed by atoms with E-state index in [9.17, 15) is 4.79 Å². The number of anilines is 1. The van der Waals surface area contributed by atoms with Crippen LogP contribution in [0.5, 0.6) is 5.75 Å². The molecule has 0 unspecified atom stereocenters. The van der Waals surface area contributed by atoms with Gasteiger partial charge in [0.25, 0.3) is 0 Å². The standard InChI is InChI=1S/C12H17NO4/c1-16-6-2-3-7-17-11-8-9(12(14)15)4-5-10(11)13/h4-5,8H,2-3,6-7,13H2,1H3,(H,14,15). The molecule has 5 heteroatoms. The molecule has 1 aromatic carbocycles. The van der Waals surface area contributed by atoms with Crippen LogP contribution < -0.4 is 10.5 Å². The highest BCUT2D eigenvalue weighted by Crippen LogP contribution is 2.23. The first kappa shape index (κ1) is 13.3. The summed E-state index contributed by atoms with van der Waals surface area (Å²) < 4.78 is 10.3. The number of aromatic carboxylic acids is 1. The second kappa shape index (κ2) is 6.75. The monoisotopic (exact) mass is 239 g/mol. The molecule has 0 aliphatic carbocycles. The normalized spacial score (nSPS) is 10.2. The summed E-state index contributed by atoms with van der Waals surface area (Å²) in [5, 5.41) is 8.83. The Labute approximate surface area is 100 Å². The predicted molar refractivity (Wildman–Crippen MR) is 64.4 cm³/mol. The van der Waals surface area contributed by atoms with Crippen molar-refractivity contribution in [2.45, 2.75) is 12.8 Å². The Morgan fingerprint density at radius 3 is 2.71 bits per heavy atom. The van der Waals surface area contributed by atoms with Crippen LogP contribution in [0.1, 0.15) is 23.2 Å². The molecule has 0 amide bonds. The van der Waals surface area contributed by atoms with Crippen LogP contribution in [-0.2, 0) is 4.74 Å². The van der Waals surface area contributed by atoms with Crippen LogP contribution >= 0.6 is 0 Å². The number of nitrogens with two attached hydrogens (primary N) is 1. The van der Waals surface area contributed by atoms with Gasteiger partial charge < -0.3 is 20.3 Å². The van der Waals surface area contributed by atoms with Gasteiger partial charge in [-0.05, 0) is 31.0 Å². The number of nitrogen functional groups attached to an aromatic ring is 1. The van der Waals surface area contributed by atoms with Gasteiger partial charge in [-0.15, -0.1) is 0 Å². The molecule has 0 radical (unpaired) electrons. The van der Waals surface area contributed by atoms with E-state index in [-0.39, 0.29) is 5.56 Å². The maximum Gasteiger partial charge on any atom is 0.335 e. The Morgan fingerprint density at radius 1 is 1.35 bits per heavy atom. The van der Waals surface area contributed by atoms with Gasteiger partial charge in [0.1, 0.15) is 5.75 Å². The van der Waals surface area contributed by atoms with Gasteiger partial charge in [-0.3, -0.25) is 0 Å². The van der Waals surface area contributed by atoms with Crippen molar-refractivity contribution in [3.05, 3.63) is 23.8 Å². The van der Waals surface area contributed by atoms with E-state index in [0.29, 0.717) is 24.7 Å². The van der Waals surface area contributed by atoms with Gasteiger partial charge in [0.15, 0.2) is 0 Å². The molecular formula is C12H17NO4. The molecule has 1 aromatic rings. The van der Waals surface area contributed by atoms with E-state index in [0.717, 1.165) is 12.8 Å². The Balaban J connectivity index is 2.51. The molecule has 0 saturated carbocycles. The van der Waals surface area contributed by atoms with Crippen LogP contribution in [0, 0.1) is 0 Å². The molecule has 0 aliphatic heterocycles. The van der Waals surface area contributed by atoms with Crippen molar-refractivity contribution in [2.75, 3.05) is 26.1 Å². The topological polar surface area (TPSA) is 81.8 Å². The largest absolute Gasteiger partial charge is 0.491 e. The van der Waals surface area contributed by atoms with Crippen LogP contribution in [0.25, 0.3) is 0 Å².